The van der Waals surface area contributed by atoms with E-state index in [1.807, 2.05) is 31.3 Å². The van der Waals surface area contributed by atoms with Crippen molar-refractivity contribution < 1.29 is 17.9 Å². The largest absolute Gasteiger partial charge is 0.383 e. The van der Waals surface area contributed by atoms with Crippen LogP contribution >= 0.6 is 11.3 Å². The highest BCUT2D eigenvalue weighted by Crippen LogP contribution is 2.30. The van der Waals surface area contributed by atoms with Crippen LogP contribution in [0.1, 0.15) is 10.4 Å². The highest BCUT2D eigenvalue weighted by atomic mass is 32.2. The molecule has 1 saturated heterocycles. The molecule has 1 aliphatic rings. The maximum Gasteiger partial charge on any atom is 0.260 e. The number of carbonyl (C=O) groups excluding carboxylic acids is 1. The van der Waals surface area contributed by atoms with Gasteiger partial charge in [0.15, 0.2) is 5.13 Å². The molecule has 32 heavy (non-hydrogen) atoms. The molecular formula is C22H26N4O4S2. The minimum atomic E-state index is -3.67. The fraction of sp³-hybridized carbons (Fsp3) is 0.364. The molecule has 0 unspecified atom stereocenters. The molecule has 2 aromatic carbocycles. The number of rotatable bonds is 7. The van der Waals surface area contributed by atoms with Gasteiger partial charge in [0.2, 0.25) is 10.0 Å². The van der Waals surface area contributed by atoms with E-state index in [4.69, 9.17) is 4.74 Å². The van der Waals surface area contributed by atoms with Gasteiger partial charge >= 0.3 is 0 Å². The Bertz CT molecular complexity index is 1170. The first-order valence-electron chi connectivity index (χ1n) is 10.4. The lowest BCUT2D eigenvalue weighted by Gasteiger charge is -2.31. The van der Waals surface area contributed by atoms with Crippen molar-refractivity contribution in [3.05, 3.63) is 54.1 Å². The molecule has 0 radical (unpaired) electrons. The van der Waals surface area contributed by atoms with Crippen molar-refractivity contribution in [1.29, 1.82) is 0 Å². The highest BCUT2D eigenvalue weighted by Gasteiger charge is 2.29. The van der Waals surface area contributed by atoms with Crippen LogP contribution in [0.2, 0.25) is 0 Å². The Kier molecular flexibility index (Phi) is 6.87. The molecule has 3 aromatic rings. The summed E-state index contributed by atoms with van der Waals surface area (Å²) in [5, 5.41) is 0.556. The van der Waals surface area contributed by atoms with Crippen LogP contribution in [0.4, 0.5) is 5.13 Å². The minimum absolute atomic E-state index is 0.129. The van der Waals surface area contributed by atoms with Gasteiger partial charge in [-0.2, -0.15) is 4.31 Å². The third-order valence-corrected chi connectivity index (χ3v) is 8.41. The van der Waals surface area contributed by atoms with Crippen LogP contribution in [0.15, 0.2) is 53.4 Å². The number of para-hydroxylation sites is 1. The lowest BCUT2D eigenvalue weighted by molar-refractivity contribution is 0.0975. The summed E-state index contributed by atoms with van der Waals surface area (Å²) < 4.78 is 34.0. The third kappa shape index (κ3) is 4.69. The number of fused-ring (bicyclic) bond motifs is 1. The standard InChI is InChI=1S/C22H26N4O4S2/c1-24-10-12-25(13-11-24)32(28,29)18-7-5-6-17(16-18)21(27)26(14-15-30-2)22-23-19-8-3-4-9-20(19)31-22/h3-9,16H,10-15H2,1-2H3. The topological polar surface area (TPSA) is 83.0 Å². The van der Waals surface area contributed by atoms with Crippen LogP contribution in [0.3, 0.4) is 0 Å². The molecule has 1 amide bonds. The Balaban J connectivity index is 1.64. The van der Waals surface area contributed by atoms with E-state index in [0.29, 0.717) is 50.0 Å². The second-order valence-electron chi connectivity index (χ2n) is 7.65. The van der Waals surface area contributed by atoms with Gasteiger partial charge in [0, 0.05) is 38.9 Å². The molecule has 1 aliphatic heterocycles. The number of hydrogen-bond donors (Lipinski definition) is 0. The van der Waals surface area contributed by atoms with E-state index in [1.54, 1.807) is 30.2 Å². The maximum absolute atomic E-state index is 13.4. The van der Waals surface area contributed by atoms with Gasteiger partial charge in [-0.25, -0.2) is 13.4 Å². The number of aromatic nitrogens is 1. The summed E-state index contributed by atoms with van der Waals surface area (Å²) in [6.45, 7) is 2.87. The fourth-order valence-electron chi connectivity index (χ4n) is 3.57. The number of thiazole rings is 1. The lowest BCUT2D eigenvalue weighted by Crippen LogP contribution is -2.47. The molecular weight excluding hydrogens is 448 g/mol. The van der Waals surface area contributed by atoms with Crippen LogP contribution < -0.4 is 4.90 Å². The molecule has 2 heterocycles. The Labute approximate surface area is 192 Å². The number of hydrogen-bond acceptors (Lipinski definition) is 7. The highest BCUT2D eigenvalue weighted by molar-refractivity contribution is 7.89. The van der Waals surface area contributed by atoms with E-state index in [0.717, 1.165) is 10.2 Å². The molecule has 170 valence electrons. The molecule has 10 heteroatoms. The van der Waals surface area contributed by atoms with Crippen LogP contribution in [0.5, 0.6) is 0 Å². The zero-order valence-corrected chi connectivity index (χ0v) is 19.7. The van der Waals surface area contributed by atoms with Gasteiger partial charge in [0.05, 0.1) is 28.3 Å². The first kappa shape index (κ1) is 22.8. The number of benzene rings is 2. The number of likely N-dealkylation sites (N-methyl/N-ethyl adjacent to an activating group) is 1. The van der Waals surface area contributed by atoms with Crippen molar-refractivity contribution in [2.45, 2.75) is 4.90 Å². The van der Waals surface area contributed by atoms with Crippen LogP contribution in [-0.4, -0.2) is 82.0 Å². The van der Waals surface area contributed by atoms with Gasteiger partial charge in [-0.3, -0.25) is 9.69 Å². The Hall–Kier alpha value is -2.37. The van der Waals surface area contributed by atoms with E-state index < -0.39 is 10.0 Å². The second-order valence-corrected chi connectivity index (χ2v) is 10.6. The van der Waals surface area contributed by atoms with E-state index >= 15 is 0 Å². The fourth-order valence-corrected chi connectivity index (χ4v) is 6.02. The summed E-state index contributed by atoms with van der Waals surface area (Å²) in [5.41, 5.74) is 1.12. The average molecular weight is 475 g/mol. The van der Waals surface area contributed by atoms with E-state index in [9.17, 15) is 13.2 Å². The molecule has 1 aromatic heterocycles. The molecule has 0 N–H and O–H groups in total. The Morgan fingerprint density at radius 1 is 1.12 bits per heavy atom. The first-order valence-corrected chi connectivity index (χ1v) is 12.6. The molecule has 0 aliphatic carbocycles. The van der Waals surface area contributed by atoms with Crippen LogP contribution in [0, 0.1) is 0 Å². The van der Waals surface area contributed by atoms with Gasteiger partial charge in [0.25, 0.3) is 5.91 Å². The second kappa shape index (κ2) is 9.63. The Morgan fingerprint density at radius 3 is 2.59 bits per heavy atom. The van der Waals surface area contributed by atoms with Crippen molar-refractivity contribution in [1.82, 2.24) is 14.2 Å². The van der Waals surface area contributed by atoms with Crippen molar-refractivity contribution in [2.75, 3.05) is 58.4 Å². The number of nitrogens with zero attached hydrogens (tertiary/aromatic N) is 4. The number of piperazine rings is 1. The van der Waals surface area contributed by atoms with Gasteiger partial charge in [-0.15, -0.1) is 0 Å². The van der Waals surface area contributed by atoms with Gasteiger partial charge in [-0.1, -0.05) is 29.5 Å². The van der Waals surface area contributed by atoms with Gasteiger partial charge in [-0.05, 0) is 37.4 Å². The number of carbonyl (C=O) groups is 1. The molecule has 1 fully saturated rings. The van der Waals surface area contributed by atoms with Crippen molar-refractivity contribution in [3.63, 3.8) is 0 Å². The molecule has 0 bridgehead atoms. The van der Waals surface area contributed by atoms with E-state index in [-0.39, 0.29) is 10.8 Å². The third-order valence-electron chi connectivity index (χ3n) is 5.46. The summed E-state index contributed by atoms with van der Waals surface area (Å²) in [6, 6.07) is 13.9. The monoisotopic (exact) mass is 474 g/mol. The molecule has 8 nitrogen and oxygen atoms in total. The Morgan fingerprint density at radius 2 is 1.88 bits per heavy atom. The van der Waals surface area contributed by atoms with Crippen LogP contribution in [0.25, 0.3) is 10.2 Å². The lowest BCUT2D eigenvalue weighted by atomic mass is 10.2. The molecule has 0 saturated carbocycles. The predicted octanol–water partition coefficient (Wildman–Crippen LogP) is 2.53. The summed E-state index contributed by atoms with van der Waals surface area (Å²) in [5.74, 6) is -0.309. The molecule has 0 atom stereocenters. The molecule has 4 rings (SSSR count). The van der Waals surface area contributed by atoms with Crippen LogP contribution in [-0.2, 0) is 14.8 Å². The number of anilines is 1. The van der Waals surface area contributed by atoms with Crippen molar-refractivity contribution >= 4 is 42.6 Å². The number of ether oxygens (including phenoxy) is 1. The van der Waals surface area contributed by atoms with Gasteiger partial charge < -0.3 is 9.64 Å². The first-order chi connectivity index (χ1) is 15.4. The van der Waals surface area contributed by atoms with Crippen molar-refractivity contribution in [3.8, 4) is 0 Å². The maximum atomic E-state index is 13.4. The number of methoxy groups -OCH3 is 1. The minimum Gasteiger partial charge on any atom is -0.383 e. The summed E-state index contributed by atoms with van der Waals surface area (Å²) in [7, 11) is -0.125. The summed E-state index contributed by atoms with van der Waals surface area (Å²) >= 11 is 1.42. The van der Waals surface area contributed by atoms with Gasteiger partial charge in [0.1, 0.15) is 0 Å². The van der Waals surface area contributed by atoms with E-state index in [2.05, 4.69) is 9.88 Å². The van der Waals surface area contributed by atoms with E-state index in [1.165, 1.54) is 21.7 Å². The summed E-state index contributed by atoms with van der Waals surface area (Å²) in [4.78, 5) is 21.8. The number of sulfonamides is 1. The normalized spacial score (nSPS) is 15.8. The zero-order chi connectivity index (χ0) is 22.7. The summed E-state index contributed by atoms with van der Waals surface area (Å²) in [6.07, 6.45) is 0. The quantitative estimate of drug-likeness (QED) is 0.523. The van der Waals surface area contributed by atoms with Crippen molar-refractivity contribution in [2.24, 2.45) is 0 Å². The number of amides is 1. The predicted molar refractivity (Wildman–Crippen MR) is 126 cm³/mol. The SMILES string of the molecule is COCCN(C(=O)c1cccc(S(=O)(=O)N2CCN(C)CC2)c1)c1nc2ccccc2s1. The average Bonchev–Trinajstić information content (AvgIpc) is 3.23. The molecule has 0 spiro atoms. The smallest absolute Gasteiger partial charge is 0.260 e. The zero-order valence-electron chi connectivity index (χ0n) is 18.1.